The molecule has 1 aliphatic heterocycles. The molecule has 1 unspecified atom stereocenters. The van der Waals surface area contributed by atoms with Crippen molar-refractivity contribution in [3.05, 3.63) is 77.5 Å². The van der Waals surface area contributed by atoms with Gasteiger partial charge in [-0.3, -0.25) is 0 Å². The molecular weight excluding hydrogens is 330 g/mol. The zero-order chi connectivity index (χ0) is 17.1. The fraction of sp³-hybridized carbons (Fsp3) is 0.0556. The van der Waals surface area contributed by atoms with E-state index < -0.39 is 12.3 Å². The van der Waals surface area contributed by atoms with E-state index in [1.165, 1.54) is 12.1 Å². The minimum absolute atomic E-state index is 0.0770. The standard InChI is InChI=1S/C18H14ClNO4/c1-11(12-6-3-2-4-7-12)23-18-16(15(19)17(22)24-18)20-13-8-5-9-14(21)10-13/h2-10,18,20-21H,1H2. The number of rotatable bonds is 5. The molecule has 0 bridgehead atoms. The van der Waals surface area contributed by atoms with Crippen LogP contribution in [0.2, 0.25) is 0 Å². The number of phenols is 1. The van der Waals surface area contributed by atoms with E-state index in [9.17, 15) is 9.90 Å². The van der Waals surface area contributed by atoms with Gasteiger partial charge in [0.05, 0.1) is 0 Å². The third-order valence-corrected chi connectivity index (χ3v) is 3.69. The number of carbonyl (C=O) groups is 1. The van der Waals surface area contributed by atoms with Crippen molar-refractivity contribution in [1.29, 1.82) is 0 Å². The molecule has 24 heavy (non-hydrogen) atoms. The summed E-state index contributed by atoms with van der Waals surface area (Å²) in [7, 11) is 0. The quantitative estimate of drug-likeness (QED) is 0.638. The van der Waals surface area contributed by atoms with Crippen LogP contribution >= 0.6 is 11.6 Å². The second-order valence-electron chi connectivity index (χ2n) is 5.05. The van der Waals surface area contributed by atoms with Gasteiger partial charge in [0, 0.05) is 17.3 Å². The first-order valence-electron chi connectivity index (χ1n) is 7.12. The highest BCUT2D eigenvalue weighted by Crippen LogP contribution is 2.31. The molecule has 2 aromatic rings. The van der Waals surface area contributed by atoms with Crippen LogP contribution in [0.1, 0.15) is 5.56 Å². The van der Waals surface area contributed by atoms with E-state index in [1.807, 2.05) is 30.3 Å². The summed E-state index contributed by atoms with van der Waals surface area (Å²) in [5.41, 5.74) is 1.55. The second kappa shape index (κ2) is 6.68. The Bertz CT molecular complexity index is 817. The van der Waals surface area contributed by atoms with Crippen molar-refractivity contribution in [2.24, 2.45) is 0 Å². The van der Waals surface area contributed by atoms with Gasteiger partial charge in [-0.2, -0.15) is 0 Å². The van der Waals surface area contributed by atoms with Gasteiger partial charge in [0.25, 0.3) is 6.29 Å². The first-order valence-corrected chi connectivity index (χ1v) is 7.50. The van der Waals surface area contributed by atoms with Crippen LogP contribution in [-0.2, 0) is 14.3 Å². The van der Waals surface area contributed by atoms with Crippen molar-refractivity contribution in [3.8, 4) is 5.75 Å². The lowest BCUT2D eigenvalue weighted by Gasteiger charge is -2.19. The van der Waals surface area contributed by atoms with Gasteiger partial charge < -0.3 is 19.9 Å². The van der Waals surface area contributed by atoms with Crippen molar-refractivity contribution in [1.82, 2.24) is 0 Å². The zero-order valence-electron chi connectivity index (χ0n) is 12.5. The lowest BCUT2D eigenvalue weighted by atomic mass is 10.2. The number of hydrogen-bond acceptors (Lipinski definition) is 5. The van der Waals surface area contributed by atoms with Gasteiger partial charge >= 0.3 is 5.97 Å². The number of benzene rings is 2. The molecule has 0 saturated heterocycles. The predicted octanol–water partition coefficient (Wildman–Crippen LogP) is 3.82. The zero-order valence-corrected chi connectivity index (χ0v) is 13.3. The van der Waals surface area contributed by atoms with E-state index in [0.29, 0.717) is 11.4 Å². The Kier molecular flexibility index (Phi) is 4.44. The lowest BCUT2D eigenvalue weighted by Crippen LogP contribution is -2.19. The molecule has 1 atom stereocenters. The Morgan fingerprint density at radius 2 is 1.96 bits per heavy atom. The highest BCUT2D eigenvalue weighted by atomic mass is 35.5. The fourth-order valence-electron chi connectivity index (χ4n) is 2.18. The Morgan fingerprint density at radius 3 is 2.67 bits per heavy atom. The lowest BCUT2D eigenvalue weighted by molar-refractivity contribution is -0.150. The van der Waals surface area contributed by atoms with Crippen molar-refractivity contribution < 1.29 is 19.4 Å². The molecule has 0 spiro atoms. The van der Waals surface area contributed by atoms with Crippen LogP contribution in [0, 0.1) is 0 Å². The van der Waals surface area contributed by atoms with E-state index in [0.717, 1.165) is 5.56 Å². The number of hydrogen-bond donors (Lipinski definition) is 2. The van der Waals surface area contributed by atoms with Crippen molar-refractivity contribution in [2.75, 3.05) is 5.32 Å². The van der Waals surface area contributed by atoms with Gasteiger partial charge in [-0.1, -0.05) is 54.6 Å². The highest BCUT2D eigenvalue weighted by molar-refractivity contribution is 6.42. The van der Waals surface area contributed by atoms with Gasteiger partial charge in [-0.15, -0.1) is 0 Å². The summed E-state index contributed by atoms with van der Waals surface area (Å²) in [6.45, 7) is 3.85. The van der Waals surface area contributed by atoms with Gasteiger partial charge in [0.15, 0.2) is 5.03 Å². The molecule has 0 saturated carbocycles. The number of ether oxygens (including phenoxy) is 2. The number of aromatic hydroxyl groups is 1. The fourth-order valence-corrected chi connectivity index (χ4v) is 2.36. The minimum atomic E-state index is -1.04. The summed E-state index contributed by atoms with van der Waals surface area (Å²) in [6, 6.07) is 15.6. The molecule has 0 fully saturated rings. The van der Waals surface area contributed by atoms with E-state index in [-0.39, 0.29) is 16.5 Å². The van der Waals surface area contributed by atoms with Crippen LogP contribution in [0.5, 0.6) is 5.75 Å². The topological polar surface area (TPSA) is 67.8 Å². The van der Waals surface area contributed by atoms with Crippen LogP contribution in [0.25, 0.3) is 5.76 Å². The summed E-state index contributed by atoms with van der Waals surface area (Å²) >= 11 is 6.01. The third-order valence-electron chi connectivity index (χ3n) is 3.34. The van der Waals surface area contributed by atoms with Crippen LogP contribution in [-0.4, -0.2) is 17.4 Å². The Morgan fingerprint density at radius 1 is 1.21 bits per heavy atom. The molecule has 0 radical (unpaired) electrons. The Labute approximate surface area is 143 Å². The Balaban J connectivity index is 1.80. The van der Waals surface area contributed by atoms with Gasteiger partial charge in [-0.05, 0) is 12.1 Å². The maximum absolute atomic E-state index is 11.8. The van der Waals surface area contributed by atoms with Gasteiger partial charge in [0.1, 0.15) is 17.2 Å². The SMILES string of the molecule is C=C(OC1OC(=O)C(Cl)=C1Nc1cccc(O)c1)c1ccccc1. The first kappa shape index (κ1) is 16.0. The molecule has 6 heteroatoms. The largest absolute Gasteiger partial charge is 0.508 e. The number of cyclic esters (lactones) is 1. The number of halogens is 1. The molecule has 3 rings (SSSR count). The van der Waals surface area contributed by atoms with Gasteiger partial charge in [0.2, 0.25) is 0 Å². The second-order valence-corrected chi connectivity index (χ2v) is 5.43. The summed E-state index contributed by atoms with van der Waals surface area (Å²) in [6.07, 6.45) is -1.04. The summed E-state index contributed by atoms with van der Waals surface area (Å²) in [5, 5.41) is 12.4. The number of carbonyl (C=O) groups excluding carboxylic acids is 1. The number of nitrogens with one attached hydrogen (secondary N) is 1. The van der Waals surface area contributed by atoms with Crippen molar-refractivity contribution in [3.63, 3.8) is 0 Å². The van der Waals surface area contributed by atoms with Crippen molar-refractivity contribution >= 4 is 29.0 Å². The molecule has 0 aromatic heterocycles. The number of esters is 1. The molecule has 0 amide bonds. The average Bonchev–Trinajstić information content (AvgIpc) is 2.83. The van der Waals surface area contributed by atoms with Crippen molar-refractivity contribution in [2.45, 2.75) is 6.29 Å². The number of anilines is 1. The Hall–Kier alpha value is -2.92. The van der Waals surface area contributed by atoms with E-state index in [1.54, 1.807) is 12.1 Å². The molecule has 1 heterocycles. The molecule has 122 valence electrons. The minimum Gasteiger partial charge on any atom is -0.508 e. The summed E-state index contributed by atoms with van der Waals surface area (Å²) < 4.78 is 10.8. The number of phenolic OH excluding ortho intramolecular Hbond substituents is 1. The van der Waals surface area contributed by atoms with Gasteiger partial charge in [-0.25, -0.2) is 4.79 Å². The molecule has 1 aliphatic rings. The van der Waals surface area contributed by atoms with Crippen LogP contribution in [0.15, 0.2) is 71.9 Å². The molecule has 2 N–H and O–H groups in total. The molecular formula is C18H14ClNO4. The van der Waals surface area contributed by atoms with Crippen LogP contribution in [0.4, 0.5) is 5.69 Å². The smallest absolute Gasteiger partial charge is 0.355 e. The molecule has 0 aliphatic carbocycles. The normalized spacial score (nSPS) is 16.7. The average molecular weight is 344 g/mol. The maximum atomic E-state index is 11.8. The van der Waals surface area contributed by atoms with E-state index in [4.69, 9.17) is 21.1 Å². The third kappa shape index (κ3) is 3.36. The van der Waals surface area contributed by atoms with E-state index in [2.05, 4.69) is 11.9 Å². The summed E-state index contributed by atoms with van der Waals surface area (Å²) in [5.74, 6) is -0.270. The summed E-state index contributed by atoms with van der Waals surface area (Å²) in [4.78, 5) is 11.8. The predicted molar refractivity (Wildman–Crippen MR) is 91.0 cm³/mol. The highest BCUT2D eigenvalue weighted by Gasteiger charge is 2.35. The van der Waals surface area contributed by atoms with E-state index >= 15 is 0 Å². The maximum Gasteiger partial charge on any atom is 0.355 e. The first-order chi connectivity index (χ1) is 11.5. The monoisotopic (exact) mass is 343 g/mol. The molecule has 5 nitrogen and oxygen atoms in total. The van der Waals surface area contributed by atoms with Crippen LogP contribution < -0.4 is 5.32 Å². The molecule has 2 aromatic carbocycles. The van der Waals surface area contributed by atoms with Crippen LogP contribution in [0.3, 0.4) is 0 Å².